The summed E-state index contributed by atoms with van der Waals surface area (Å²) in [7, 11) is -4.30. The third-order valence-electron chi connectivity index (χ3n) is 3.34. The van der Waals surface area contributed by atoms with Crippen molar-refractivity contribution in [3.8, 4) is 0 Å². The molecule has 2 heterocycles. The Labute approximate surface area is 123 Å². The van der Waals surface area contributed by atoms with Crippen LogP contribution in [0.5, 0.6) is 0 Å². The zero-order valence-corrected chi connectivity index (χ0v) is 12.2. The van der Waals surface area contributed by atoms with Crippen molar-refractivity contribution in [2.45, 2.75) is 11.8 Å². The largest absolute Gasteiger partial charge is 0.321 e. The number of benzene rings is 1. The average molecular weight is 302 g/mol. The molecule has 1 aromatic carbocycles. The van der Waals surface area contributed by atoms with E-state index in [0.29, 0.717) is 18.1 Å². The second-order valence-corrected chi connectivity index (χ2v) is 6.27. The molecule has 21 heavy (non-hydrogen) atoms. The molecule has 3 rings (SSSR count). The maximum atomic E-state index is 11.6. The monoisotopic (exact) mass is 302 g/mol. The Kier molecular flexibility index (Phi) is 3.27. The fourth-order valence-electron chi connectivity index (χ4n) is 2.41. The predicted octanol–water partition coefficient (Wildman–Crippen LogP) is 2.80. The molecular formula is C15H14N2O3S. The van der Waals surface area contributed by atoms with E-state index >= 15 is 0 Å². The van der Waals surface area contributed by atoms with Crippen LogP contribution in [0.3, 0.4) is 0 Å². The molecule has 0 radical (unpaired) electrons. The minimum Gasteiger partial charge on any atom is -0.321 e. The van der Waals surface area contributed by atoms with E-state index in [1.165, 1.54) is 6.07 Å². The molecule has 6 heteroatoms. The highest BCUT2D eigenvalue weighted by Crippen LogP contribution is 2.35. The van der Waals surface area contributed by atoms with Gasteiger partial charge in [-0.2, -0.15) is 8.42 Å². The number of hydrogen-bond donors (Lipinski definition) is 1. The van der Waals surface area contributed by atoms with Crippen molar-refractivity contribution in [3.05, 3.63) is 53.7 Å². The van der Waals surface area contributed by atoms with Crippen LogP contribution in [0.4, 0.5) is 11.5 Å². The predicted molar refractivity (Wildman–Crippen MR) is 81.3 cm³/mol. The topological polar surface area (TPSA) is 70.5 Å². The summed E-state index contributed by atoms with van der Waals surface area (Å²) in [5.41, 5.74) is 2.25. The van der Waals surface area contributed by atoms with Crippen molar-refractivity contribution in [1.82, 2.24) is 4.98 Å². The van der Waals surface area contributed by atoms with Crippen LogP contribution in [0.1, 0.15) is 11.1 Å². The van der Waals surface area contributed by atoms with Crippen molar-refractivity contribution in [2.24, 2.45) is 0 Å². The lowest BCUT2D eigenvalue weighted by atomic mass is 10.1. The van der Waals surface area contributed by atoms with E-state index in [2.05, 4.69) is 4.98 Å². The SMILES string of the molecule is Cc1ccc(S(=O)(=O)O)c(N2CC=Cc3cccnc32)c1. The summed E-state index contributed by atoms with van der Waals surface area (Å²) in [5, 5.41) is 0. The van der Waals surface area contributed by atoms with E-state index in [0.717, 1.165) is 11.1 Å². The van der Waals surface area contributed by atoms with Crippen LogP contribution < -0.4 is 4.90 Å². The van der Waals surface area contributed by atoms with Crippen molar-refractivity contribution in [2.75, 3.05) is 11.4 Å². The van der Waals surface area contributed by atoms with Gasteiger partial charge in [-0.05, 0) is 36.8 Å². The molecule has 0 atom stereocenters. The van der Waals surface area contributed by atoms with E-state index in [9.17, 15) is 13.0 Å². The summed E-state index contributed by atoms with van der Waals surface area (Å²) in [5.74, 6) is 0.676. The van der Waals surface area contributed by atoms with Crippen LogP contribution in [0.2, 0.25) is 0 Å². The average Bonchev–Trinajstić information content (AvgIpc) is 2.45. The zero-order chi connectivity index (χ0) is 15.0. The molecule has 0 spiro atoms. The van der Waals surface area contributed by atoms with Gasteiger partial charge in [-0.3, -0.25) is 4.55 Å². The molecule has 1 aliphatic rings. The molecule has 0 amide bonds. The number of anilines is 2. The van der Waals surface area contributed by atoms with Crippen LogP contribution in [-0.2, 0) is 10.1 Å². The van der Waals surface area contributed by atoms with Gasteiger partial charge in [-0.15, -0.1) is 0 Å². The molecule has 0 bridgehead atoms. The van der Waals surface area contributed by atoms with E-state index in [-0.39, 0.29) is 4.90 Å². The third kappa shape index (κ3) is 2.55. The fraction of sp³-hybridized carbons (Fsp3) is 0.133. The second kappa shape index (κ2) is 4.98. The summed E-state index contributed by atoms with van der Waals surface area (Å²) < 4.78 is 32.7. The zero-order valence-electron chi connectivity index (χ0n) is 11.4. The van der Waals surface area contributed by atoms with Gasteiger partial charge < -0.3 is 4.90 Å². The third-order valence-corrected chi connectivity index (χ3v) is 4.24. The summed E-state index contributed by atoms with van der Waals surface area (Å²) in [4.78, 5) is 6.00. The van der Waals surface area contributed by atoms with Gasteiger partial charge in [-0.1, -0.05) is 18.2 Å². The lowest BCUT2D eigenvalue weighted by molar-refractivity contribution is 0.483. The Morgan fingerprint density at radius 1 is 1.29 bits per heavy atom. The molecule has 2 aromatic rings. The Morgan fingerprint density at radius 3 is 2.86 bits per heavy atom. The van der Waals surface area contributed by atoms with Gasteiger partial charge >= 0.3 is 0 Å². The normalized spacial score (nSPS) is 14.1. The first kappa shape index (κ1) is 13.8. The van der Waals surface area contributed by atoms with Crippen molar-refractivity contribution < 1.29 is 13.0 Å². The smallest absolute Gasteiger partial charge is 0.296 e. The van der Waals surface area contributed by atoms with Crippen LogP contribution in [0.15, 0.2) is 47.5 Å². The number of fused-ring (bicyclic) bond motifs is 1. The van der Waals surface area contributed by atoms with E-state index in [1.54, 1.807) is 23.2 Å². The maximum absolute atomic E-state index is 11.6. The molecule has 5 nitrogen and oxygen atoms in total. The van der Waals surface area contributed by atoms with Crippen molar-refractivity contribution in [1.29, 1.82) is 0 Å². The highest BCUT2D eigenvalue weighted by molar-refractivity contribution is 7.86. The van der Waals surface area contributed by atoms with Gasteiger partial charge in [0.1, 0.15) is 10.7 Å². The first-order valence-corrected chi connectivity index (χ1v) is 7.88. The Balaban J connectivity index is 2.22. The molecule has 0 saturated heterocycles. The van der Waals surface area contributed by atoms with Gasteiger partial charge in [0.2, 0.25) is 0 Å². The molecule has 0 unspecified atom stereocenters. The van der Waals surface area contributed by atoms with E-state index in [4.69, 9.17) is 0 Å². The summed E-state index contributed by atoms with van der Waals surface area (Å²) in [6.07, 6.45) is 5.54. The van der Waals surface area contributed by atoms with Crippen LogP contribution >= 0.6 is 0 Å². The summed E-state index contributed by atoms with van der Waals surface area (Å²) in [6.45, 7) is 2.37. The fourth-order valence-corrected chi connectivity index (χ4v) is 3.08. The highest BCUT2D eigenvalue weighted by Gasteiger charge is 2.23. The lowest BCUT2D eigenvalue weighted by Gasteiger charge is -2.28. The Morgan fingerprint density at radius 2 is 2.10 bits per heavy atom. The molecule has 108 valence electrons. The van der Waals surface area contributed by atoms with Crippen LogP contribution in [0, 0.1) is 6.92 Å². The number of nitrogens with zero attached hydrogens (tertiary/aromatic N) is 2. The summed E-state index contributed by atoms with van der Waals surface area (Å²) in [6, 6.07) is 8.55. The van der Waals surface area contributed by atoms with Gasteiger partial charge in [-0.25, -0.2) is 4.98 Å². The standard InChI is InChI=1S/C15H14N2O3S/c1-11-6-7-14(21(18,19)20)13(10-11)17-9-3-5-12-4-2-8-16-15(12)17/h2-8,10H,9H2,1H3,(H,18,19,20). The van der Waals surface area contributed by atoms with Gasteiger partial charge in [0, 0.05) is 18.3 Å². The number of aromatic nitrogens is 1. The minimum absolute atomic E-state index is 0.111. The number of pyridine rings is 1. The van der Waals surface area contributed by atoms with Crippen LogP contribution in [0.25, 0.3) is 6.08 Å². The second-order valence-electron chi connectivity index (χ2n) is 4.88. The first-order valence-electron chi connectivity index (χ1n) is 6.44. The molecular weight excluding hydrogens is 288 g/mol. The van der Waals surface area contributed by atoms with Crippen molar-refractivity contribution >= 4 is 27.7 Å². The lowest BCUT2D eigenvalue weighted by Crippen LogP contribution is -2.23. The Hall–Kier alpha value is -2.18. The summed E-state index contributed by atoms with van der Waals surface area (Å²) >= 11 is 0. The molecule has 1 N–H and O–H groups in total. The number of hydrogen-bond acceptors (Lipinski definition) is 4. The van der Waals surface area contributed by atoms with Crippen molar-refractivity contribution in [3.63, 3.8) is 0 Å². The Bertz CT molecular complexity index is 829. The number of rotatable bonds is 2. The molecule has 0 fully saturated rings. The quantitative estimate of drug-likeness (QED) is 0.864. The first-order chi connectivity index (χ1) is 9.97. The molecule has 1 aromatic heterocycles. The van der Waals surface area contributed by atoms with E-state index < -0.39 is 10.1 Å². The van der Waals surface area contributed by atoms with Gasteiger partial charge in [0.25, 0.3) is 10.1 Å². The van der Waals surface area contributed by atoms with Gasteiger partial charge in [0.15, 0.2) is 0 Å². The minimum atomic E-state index is -4.30. The molecule has 1 aliphatic heterocycles. The number of aryl methyl sites for hydroxylation is 1. The van der Waals surface area contributed by atoms with Crippen LogP contribution in [-0.4, -0.2) is 24.5 Å². The molecule has 0 aliphatic carbocycles. The molecule has 0 saturated carbocycles. The van der Waals surface area contributed by atoms with E-state index in [1.807, 2.05) is 31.2 Å². The van der Waals surface area contributed by atoms with Gasteiger partial charge in [0.05, 0.1) is 5.69 Å². The highest BCUT2D eigenvalue weighted by atomic mass is 32.2. The maximum Gasteiger partial charge on any atom is 0.296 e.